The van der Waals surface area contributed by atoms with E-state index in [9.17, 15) is 5.11 Å². The molecule has 0 aliphatic carbocycles. The second kappa shape index (κ2) is 6.54. The van der Waals surface area contributed by atoms with Crippen LogP contribution in [-0.4, -0.2) is 45.1 Å². The van der Waals surface area contributed by atoms with Crippen LogP contribution in [0.4, 0.5) is 0 Å². The minimum absolute atomic E-state index is 0.553. The highest BCUT2D eigenvalue weighted by molar-refractivity contribution is 6.42. The van der Waals surface area contributed by atoms with Crippen molar-refractivity contribution in [2.24, 2.45) is 0 Å². The van der Waals surface area contributed by atoms with Gasteiger partial charge in [-0.05, 0) is 37.4 Å². The number of aromatic nitrogens is 3. The molecule has 0 spiro atoms. The van der Waals surface area contributed by atoms with Gasteiger partial charge in [-0.15, -0.1) is 0 Å². The third-order valence-electron chi connectivity index (χ3n) is 4.17. The first-order chi connectivity index (χ1) is 10.6. The Labute approximate surface area is 139 Å². The molecular formula is C15H18Cl2N4O. The number of hydrogen-bond donors (Lipinski definition) is 2. The summed E-state index contributed by atoms with van der Waals surface area (Å²) in [6, 6.07) is 5.69. The first kappa shape index (κ1) is 15.7. The van der Waals surface area contributed by atoms with Crippen LogP contribution in [0.5, 0.6) is 0 Å². The number of hydrogen-bond acceptors (Lipinski definition) is 4. The first-order valence-electron chi connectivity index (χ1n) is 7.32. The second-order valence-corrected chi connectivity index (χ2v) is 6.51. The Bertz CT molecular complexity index is 634. The van der Waals surface area contributed by atoms with Crippen LogP contribution in [0.1, 0.15) is 24.1 Å². The molecule has 0 bridgehead atoms. The number of halogens is 2. The molecule has 1 aliphatic rings. The Balaban J connectivity index is 1.65. The smallest absolute Gasteiger partial charge is 0.123 e. The van der Waals surface area contributed by atoms with E-state index >= 15 is 0 Å². The van der Waals surface area contributed by atoms with E-state index in [0.717, 1.165) is 31.5 Å². The zero-order chi connectivity index (χ0) is 15.6. The Kier molecular flexibility index (Phi) is 4.68. The molecule has 0 amide bonds. The normalized spacial score (nSPS) is 22.9. The number of aromatic amines is 1. The van der Waals surface area contributed by atoms with Gasteiger partial charge in [0, 0.05) is 13.1 Å². The Hall–Kier alpha value is -1.14. The third-order valence-corrected chi connectivity index (χ3v) is 5.03. The summed E-state index contributed by atoms with van der Waals surface area (Å²) in [6.45, 7) is 2.33. The molecule has 0 radical (unpaired) electrons. The summed E-state index contributed by atoms with van der Waals surface area (Å²) in [4.78, 5) is 2.23. The highest BCUT2D eigenvalue weighted by Crippen LogP contribution is 2.30. The molecule has 1 fully saturated rings. The summed E-state index contributed by atoms with van der Waals surface area (Å²) in [6.07, 6.45) is 4.02. The zero-order valence-electron chi connectivity index (χ0n) is 12.1. The van der Waals surface area contributed by atoms with Crippen LogP contribution in [0.25, 0.3) is 0 Å². The van der Waals surface area contributed by atoms with Gasteiger partial charge in [-0.25, -0.2) is 0 Å². The van der Waals surface area contributed by atoms with Crippen LogP contribution in [-0.2, 0) is 12.0 Å². The van der Waals surface area contributed by atoms with Crippen LogP contribution in [0.15, 0.2) is 24.4 Å². The van der Waals surface area contributed by atoms with E-state index in [1.165, 1.54) is 0 Å². The van der Waals surface area contributed by atoms with Gasteiger partial charge >= 0.3 is 0 Å². The molecule has 1 aliphatic heterocycles. The van der Waals surface area contributed by atoms with Crippen molar-refractivity contribution in [1.82, 2.24) is 20.3 Å². The largest absolute Gasteiger partial charge is 0.382 e. The molecular weight excluding hydrogens is 323 g/mol. The maximum Gasteiger partial charge on any atom is 0.123 e. The fourth-order valence-corrected chi connectivity index (χ4v) is 3.38. The summed E-state index contributed by atoms with van der Waals surface area (Å²) in [5.41, 5.74) is 0.714. The Morgan fingerprint density at radius 3 is 3.00 bits per heavy atom. The highest BCUT2D eigenvalue weighted by atomic mass is 35.5. The maximum atomic E-state index is 10.8. The topological polar surface area (TPSA) is 65.0 Å². The van der Waals surface area contributed by atoms with Gasteiger partial charge in [0.05, 0.1) is 16.2 Å². The van der Waals surface area contributed by atoms with Gasteiger partial charge in [-0.1, -0.05) is 35.3 Å². The van der Waals surface area contributed by atoms with Crippen molar-refractivity contribution in [1.29, 1.82) is 0 Å². The molecule has 2 heterocycles. The summed E-state index contributed by atoms with van der Waals surface area (Å²) in [5, 5.41) is 22.4. The SMILES string of the molecule is O[C@]1(c2cn[nH]n2)CCCN(CCc2cccc(Cl)c2Cl)C1. The predicted molar refractivity (Wildman–Crippen MR) is 86.1 cm³/mol. The zero-order valence-corrected chi connectivity index (χ0v) is 13.6. The van der Waals surface area contributed by atoms with Gasteiger partial charge in [-0.2, -0.15) is 15.4 Å². The molecule has 22 heavy (non-hydrogen) atoms. The summed E-state index contributed by atoms with van der Waals surface area (Å²) in [7, 11) is 0. The molecule has 118 valence electrons. The van der Waals surface area contributed by atoms with Gasteiger partial charge in [0.1, 0.15) is 11.3 Å². The minimum Gasteiger partial charge on any atom is -0.382 e. The molecule has 7 heteroatoms. The molecule has 0 unspecified atom stereocenters. The van der Waals surface area contributed by atoms with Crippen molar-refractivity contribution in [2.45, 2.75) is 24.9 Å². The minimum atomic E-state index is -0.927. The molecule has 2 aromatic rings. The molecule has 2 N–H and O–H groups in total. The first-order valence-corrected chi connectivity index (χ1v) is 8.08. The van der Waals surface area contributed by atoms with Crippen molar-refractivity contribution in [2.75, 3.05) is 19.6 Å². The van der Waals surface area contributed by atoms with Crippen molar-refractivity contribution in [3.63, 3.8) is 0 Å². The third kappa shape index (κ3) is 3.27. The average molecular weight is 341 g/mol. The Morgan fingerprint density at radius 1 is 1.36 bits per heavy atom. The molecule has 1 aromatic carbocycles. The number of nitrogens with zero attached hydrogens (tertiary/aromatic N) is 3. The molecule has 1 aromatic heterocycles. The lowest BCUT2D eigenvalue weighted by molar-refractivity contribution is -0.0385. The monoisotopic (exact) mass is 340 g/mol. The van der Waals surface area contributed by atoms with Crippen molar-refractivity contribution >= 4 is 23.2 Å². The van der Waals surface area contributed by atoms with Gasteiger partial charge in [0.25, 0.3) is 0 Å². The van der Waals surface area contributed by atoms with E-state index in [2.05, 4.69) is 20.3 Å². The van der Waals surface area contributed by atoms with Gasteiger partial charge in [-0.3, -0.25) is 4.90 Å². The van der Waals surface area contributed by atoms with Crippen molar-refractivity contribution in [3.05, 3.63) is 45.7 Å². The fourth-order valence-electron chi connectivity index (χ4n) is 2.97. The summed E-state index contributed by atoms with van der Waals surface area (Å²) < 4.78 is 0. The molecule has 5 nitrogen and oxygen atoms in total. The lowest BCUT2D eigenvalue weighted by Gasteiger charge is -2.38. The Morgan fingerprint density at radius 2 is 2.23 bits per heavy atom. The second-order valence-electron chi connectivity index (χ2n) is 5.73. The number of likely N-dealkylation sites (tertiary alicyclic amines) is 1. The molecule has 1 atom stereocenters. The van der Waals surface area contributed by atoms with Gasteiger partial charge in [0.15, 0.2) is 0 Å². The van der Waals surface area contributed by atoms with E-state index in [0.29, 0.717) is 28.7 Å². The van der Waals surface area contributed by atoms with Crippen LogP contribution >= 0.6 is 23.2 Å². The molecule has 1 saturated heterocycles. The number of piperidine rings is 1. The number of benzene rings is 1. The van der Waals surface area contributed by atoms with E-state index in [-0.39, 0.29) is 0 Å². The fraction of sp³-hybridized carbons (Fsp3) is 0.467. The number of aliphatic hydroxyl groups is 1. The van der Waals surface area contributed by atoms with Crippen LogP contribution < -0.4 is 0 Å². The van der Waals surface area contributed by atoms with E-state index in [1.54, 1.807) is 12.3 Å². The summed E-state index contributed by atoms with van der Waals surface area (Å²) >= 11 is 12.3. The number of rotatable bonds is 4. The van der Waals surface area contributed by atoms with E-state index < -0.39 is 5.60 Å². The van der Waals surface area contributed by atoms with Crippen molar-refractivity contribution in [3.8, 4) is 0 Å². The lowest BCUT2D eigenvalue weighted by atomic mass is 9.90. The van der Waals surface area contributed by atoms with Crippen LogP contribution in [0, 0.1) is 0 Å². The number of H-pyrrole nitrogens is 1. The van der Waals surface area contributed by atoms with E-state index in [1.807, 2.05) is 12.1 Å². The predicted octanol–water partition coefficient (Wildman–Crippen LogP) is 2.64. The lowest BCUT2D eigenvalue weighted by Crippen LogP contribution is -2.46. The van der Waals surface area contributed by atoms with Crippen molar-refractivity contribution < 1.29 is 5.11 Å². The number of nitrogens with one attached hydrogen (secondary N) is 1. The summed E-state index contributed by atoms with van der Waals surface area (Å²) in [5.74, 6) is 0. The molecule has 3 rings (SSSR count). The number of β-amino-alcohol motifs (C(OH)–C–C–N with tert-alkyl or cyclic N) is 1. The standard InChI is InChI=1S/C15H18Cl2N4O/c16-12-4-1-3-11(14(12)17)5-8-21-7-2-6-15(22,10-21)13-9-18-20-19-13/h1,3-4,9,22H,2,5-8,10H2,(H,18,19,20)/t15-/m1/s1. The van der Waals surface area contributed by atoms with Gasteiger partial charge in [0.2, 0.25) is 0 Å². The van der Waals surface area contributed by atoms with Crippen LogP contribution in [0.3, 0.4) is 0 Å². The highest BCUT2D eigenvalue weighted by Gasteiger charge is 2.36. The maximum absolute atomic E-state index is 10.8. The van der Waals surface area contributed by atoms with Crippen LogP contribution in [0.2, 0.25) is 10.0 Å². The average Bonchev–Trinajstić information content (AvgIpc) is 3.04. The van der Waals surface area contributed by atoms with Gasteiger partial charge < -0.3 is 5.11 Å². The van der Waals surface area contributed by atoms with E-state index in [4.69, 9.17) is 23.2 Å². The quantitative estimate of drug-likeness (QED) is 0.897. The molecule has 0 saturated carbocycles.